The zero-order chi connectivity index (χ0) is 23.4. The number of sulfonamides is 1. The summed E-state index contributed by atoms with van der Waals surface area (Å²) in [7, 11) is -3.39. The first-order valence-electron chi connectivity index (χ1n) is 12.7. The topological polar surface area (TPSA) is 81.7 Å². The molecule has 34 heavy (non-hydrogen) atoms. The second kappa shape index (κ2) is 10.6. The largest absolute Gasteiger partial charge is 0.356 e. The van der Waals surface area contributed by atoms with E-state index in [1.807, 2.05) is 18.3 Å². The summed E-state index contributed by atoms with van der Waals surface area (Å²) in [5.74, 6) is 1.75. The molecule has 3 fully saturated rings. The average molecular weight is 485 g/mol. The van der Waals surface area contributed by atoms with Gasteiger partial charge in [-0.25, -0.2) is 13.4 Å². The van der Waals surface area contributed by atoms with Crippen LogP contribution in [0.4, 0.5) is 11.8 Å². The zero-order valence-corrected chi connectivity index (χ0v) is 20.7. The van der Waals surface area contributed by atoms with Crippen LogP contribution in [0.15, 0.2) is 47.5 Å². The molecular weight excluding hydrogens is 448 g/mol. The number of piperidine rings is 1. The molecule has 184 valence electrons. The van der Waals surface area contributed by atoms with Crippen LogP contribution in [0.25, 0.3) is 0 Å². The first-order valence-corrected chi connectivity index (χ1v) is 14.2. The summed E-state index contributed by atoms with van der Waals surface area (Å²) in [5.41, 5.74) is 0. The number of aromatic nitrogens is 2. The van der Waals surface area contributed by atoms with Crippen molar-refractivity contribution >= 4 is 21.8 Å². The highest BCUT2D eigenvalue weighted by Crippen LogP contribution is 2.26. The van der Waals surface area contributed by atoms with Crippen molar-refractivity contribution in [1.82, 2.24) is 19.2 Å². The van der Waals surface area contributed by atoms with Crippen LogP contribution in [0.2, 0.25) is 0 Å². The maximum Gasteiger partial charge on any atom is 0.243 e. The Morgan fingerprint density at radius 3 is 2.32 bits per heavy atom. The number of hydrogen-bond acceptors (Lipinski definition) is 7. The van der Waals surface area contributed by atoms with Gasteiger partial charge in [-0.1, -0.05) is 31.0 Å². The number of rotatable bonds is 6. The Hall–Kier alpha value is -2.23. The molecule has 0 bridgehead atoms. The molecule has 3 saturated heterocycles. The van der Waals surface area contributed by atoms with Crippen LogP contribution < -0.4 is 10.2 Å². The third kappa shape index (κ3) is 5.37. The highest BCUT2D eigenvalue weighted by Gasteiger charge is 2.34. The van der Waals surface area contributed by atoms with Gasteiger partial charge in [-0.2, -0.15) is 9.29 Å². The third-order valence-corrected chi connectivity index (χ3v) is 9.36. The number of anilines is 2. The summed E-state index contributed by atoms with van der Waals surface area (Å²) in [6.45, 7) is 5.29. The summed E-state index contributed by atoms with van der Waals surface area (Å²) in [6.07, 6.45) is 9.75. The molecule has 5 rings (SSSR count). The monoisotopic (exact) mass is 484 g/mol. The summed E-state index contributed by atoms with van der Waals surface area (Å²) < 4.78 is 27.5. The predicted octanol–water partition coefficient (Wildman–Crippen LogP) is 3.20. The fourth-order valence-corrected chi connectivity index (χ4v) is 6.99. The normalized spacial score (nSPS) is 23.6. The molecular formula is C25H36N6O2S. The maximum atomic E-state index is 12.9. The van der Waals surface area contributed by atoms with Gasteiger partial charge in [0.25, 0.3) is 0 Å². The average Bonchev–Trinajstić information content (AvgIpc) is 3.16. The van der Waals surface area contributed by atoms with Crippen molar-refractivity contribution in [3.05, 3.63) is 42.6 Å². The molecule has 0 saturated carbocycles. The Bertz CT molecular complexity index is 1030. The zero-order valence-electron chi connectivity index (χ0n) is 19.8. The van der Waals surface area contributed by atoms with Crippen molar-refractivity contribution in [3.8, 4) is 0 Å². The van der Waals surface area contributed by atoms with Crippen LogP contribution in [0.3, 0.4) is 0 Å². The molecule has 1 aromatic heterocycles. The lowest BCUT2D eigenvalue weighted by atomic mass is 10.1. The second-order valence-corrected chi connectivity index (χ2v) is 11.7. The number of hydrogen-bond donors (Lipinski definition) is 1. The van der Waals surface area contributed by atoms with Gasteiger partial charge in [0.1, 0.15) is 5.82 Å². The Kier molecular flexibility index (Phi) is 7.32. The van der Waals surface area contributed by atoms with Crippen LogP contribution >= 0.6 is 0 Å². The molecule has 1 aromatic carbocycles. The van der Waals surface area contributed by atoms with E-state index in [-0.39, 0.29) is 0 Å². The Labute approximate surface area is 203 Å². The summed E-state index contributed by atoms with van der Waals surface area (Å²) in [6, 6.07) is 11.6. The van der Waals surface area contributed by atoms with Crippen molar-refractivity contribution in [1.29, 1.82) is 0 Å². The highest BCUT2D eigenvalue weighted by molar-refractivity contribution is 7.89. The van der Waals surface area contributed by atoms with Crippen molar-refractivity contribution in [2.45, 2.75) is 61.9 Å². The minimum Gasteiger partial charge on any atom is -0.356 e. The standard InChI is InChI=1S/C25H36N6O2S/c32-34(33,23-8-4-3-5-9-23)31-18-12-22(13-19-31)30-17-11-21(20-30)27-25-26-14-10-24(28-25)29-15-6-1-2-7-16-29/h3-5,8-10,14,21-22H,1-2,6-7,11-13,15-20H2,(H,26,27,28). The summed E-state index contributed by atoms with van der Waals surface area (Å²) in [5, 5.41) is 3.56. The number of benzene rings is 1. The SMILES string of the molecule is O=S(=O)(c1ccccc1)N1CCC(N2CCC(Nc3nccc(N4CCCCCC4)n3)C2)CC1. The number of likely N-dealkylation sites (tertiary alicyclic amines) is 1. The van der Waals surface area contributed by atoms with E-state index in [9.17, 15) is 8.42 Å². The highest BCUT2D eigenvalue weighted by atomic mass is 32.2. The van der Waals surface area contributed by atoms with Gasteiger partial charge in [0.05, 0.1) is 4.90 Å². The van der Waals surface area contributed by atoms with Crippen LogP contribution in [-0.4, -0.2) is 78.9 Å². The molecule has 2 aromatic rings. The molecule has 0 spiro atoms. The molecule has 3 aliphatic heterocycles. The van der Waals surface area contributed by atoms with Gasteiger partial charge in [0.2, 0.25) is 16.0 Å². The first kappa shape index (κ1) is 23.5. The smallest absolute Gasteiger partial charge is 0.243 e. The van der Waals surface area contributed by atoms with E-state index >= 15 is 0 Å². The molecule has 0 amide bonds. The van der Waals surface area contributed by atoms with Crippen molar-refractivity contribution in [2.75, 3.05) is 49.5 Å². The van der Waals surface area contributed by atoms with Gasteiger partial charge in [-0.3, -0.25) is 4.90 Å². The number of nitrogens with zero attached hydrogens (tertiary/aromatic N) is 5. The van der Waals surface area contributed by atoms with Gasteiger partial charge in [-0.05, 0) is 50.3 Å². The quantitative estimate of drug-likeness (QED) is 0.674. The van der Waals surface area contributed by atoms with Gasteiger partial charge in [0.15, 0.2) is 0 Å². The van der Waals surface area contributed by atoms with E-state index < -0.39 is 10.0 Å². The van der Waals surface area contributed by atoms with Gasteiger partial charge < -0.3 is 10.2 Å². The van der Waals surface area contributed by atoms with E-state index in [0.29, 0.717) is 30.1 Å². The Morgan fingerprint density at radius 1 is 0.853 bits per heavy atom. The Balaban J connectivity index is 1.13. The fourth-order valence-electron chi connectivity index (χ4n) is 5.50. The molecule has 3 aliphatic rings. The lowest BCUT2D eigenvalue weighted by Gasteiger charge is -2.36. The first-order chi connectivity index (χ1) is 16.6. The van der Waals surface area contributed by atoms with E-state index in [0.717, 1.165) is 57.2 Å². The van der Waals surface area contributed by atoms with Gasteiger partial charge in [-0.15, -0.1) is 0 Å². The van der Waals surface area contributed by atoms with Gasteiger partial charge >= 0.3 is 0 Å². The fraction of sp³-hybridized carbons (Fsp3) is 0.600. The molecule has 9 heteroatoms. The lowest BCUT2D eigenvalue weighted by molar-refractivity contribution is 0.167. The molecule has 1 unspecified atom stereocenters. The van der Waals surface area contributed by atoms with Crippen LogP contribution in [0, 0.1) is 0 Å². The molecule has 1 N–H and O–H groups in total. The number of nitrogens with one attached hydrogen (secondary N) is 1. The van der Waals surface area contributed by atoms with Crippen molar-refractivity contribution in [3.63, 3.8) is 0 Å². The maximum absolute atomic E-state index is 12.9. The van der Waals surface area contributed by atoms with E-state index in [4.69, 9.17) is 4.98 Å². The molecule has 4 heterocycles. The Morgan fingerprint density at radius 2 is 1.59 bits per heavy atom. The minimum absolute atomic E-state index is 0.325. The third-order valence-electron chi connectivity index (χ3n) is 7.44. The van der Waals surface area contributed by atoms with E-state index in [1.165, 1.54) is 25.7 Å². The molecule has 0 radical (unpaired) electrons. The molecule has 8 nitrogen and oxygen atoms in total. The van der Waals surface area contributed by atoms with Crippen LogP contribution in [-0.2, 0) is 10.0 Å². The van der Waals surface area contributed by atoms with Gasteiger partial charge in [0, 0.05) is 57.5 Å². The predicted molar refractivity (Wildman–Crippen MR) is 135 cm³/mol. The van der Waals surface area contributed by atoms with E-state index in [2.05, 4.69) is 20.1 Å². The minimum atomic E-state index is -3.39. The second-order valence-electron chi connectivity index (χ2n) is 9.71. The lowest BCUT2D eigenvalue weighted by Crippen LogP contribution is -2.46. The van der Waals surface area contributed by atoms with Crippen molar-refractivity contribution in [2.24, 2.45) is 0 Å². The summed E-state index contributed by atoms with van der Waals surface area (Å²) in [4.78, 5) is 14.6. The van der Waals surface area contributed by atoms with Crippen LogP contribution in [0.1, 0.15) is 44.9 Å². The van der Waals surface area contributed by atoms with Crippen molar-refractivity contribution < 1.29 is 8.42 Å². The summed E-state index contributed by atoms with van der Waals surface area (Å²) >= 11 is 0. The molecule has 0 aliphatic carbocycles. The molecule has 1 atom stereocenters. The van der Waals surface area contributed by atoms with E-state index in [1.54, 1.807) is 28.6 Å². The van der Waals surface area contributed by atoms with Crippen LogP contribution in [0.5, 0.6) is 0 Å².